The van der Waals surface area contributed by atoms with Gasteiger partial charge in [0.15, 0.2) is 0 Å². The van der Waals surface area contributed by atoms with E-state index < -0.39 is 5.97 Å². The van der Waals surface area contributed by atoms with Crippen molar-refractivity contribution in [1.82, 2.24) is 0 Å². The van der Waals surface area contributed by atoms with Crippen LogP contribution in [0.5, 0.6) is 5.75 Å². The molecule has 5 nitrogen and oxygen atoms in total. The summed E-state index contributed by atoms with van der Waals surface area (Å²) in [6, 6.07) is 4.69. The maximum Gasteiger partial charge on any atom is 0.337 e. The fraction of sp³-hybridized carbons (Fsp3) is 0.364. The van der Waals surface area contributed by atoms with Crippen molar-refractivity contribution >= 4 is 11.7 Å². The summed E-state index contributed by atoms with van der Waals surface area (Å²) in [4.78, 5) is 11.2. The molecule has 5 heteroatoms. The molecule has 0 unspecified atom stereocenters. The molecule has 1 aromatic rings. The summed E-state index contributed by atoms with van der Waals surface area (Å²) < 4.78 is 9.87. The van der Waals surface area contributed by atoms with E-state index >= 15 is 0 Å². The Kier molecular flexibility index (Phi) is 4.60. The van der Waals surface area contributed by atoms with Crippen LogP contribution in [0.3, 0.4) is 0 Å². The predicted octanol–water partition coefficient (Wildman–Crippen LogP) is 0.817. The number of carbonyl (C=O) groups excluding carboxylic acids is 1. The lowest BCUT2D eigenvalue weighted by Crippen LogP contribution is -2.05. The molecule has 0 amide bonds. The number of rotatable bonds is 5. The van der Waals surface area contributed by atoms with Crippen molar-refractivity contribution in [2.45, 2.75) is 6.42 Å². The average Bonchev–Trinajstić information content (AvgIpc) is 2.30. The maximum absolute atomic E-state index is 11.2. The minimum atomic E-state index is -0.436. The molecule has 0 fully saturated rings. The Morgan fingerprint density at radius 1 is 1.50 bits per heavy atom. The predicted molar refractivity (Wildman–Crippen MR) is 59.4 cm³/mol. The molecule has 0 saturated carbocycles. The molecular formula is C11H15NO4. The largest absolute Gasteiger partial charge is 0.491 e. The number of nitrogens with two attached hydrogens (primary N) is 1. The van der Waals surface area contributed by atoms with Crippen LogP contribution < -0.4 is 10.5 Å². The number of methoxy groups -OCH3 is 1. The number of carbonyl (C=O) groups is 1. The Hall–Kier alpha value is -1.75. The Labute approximate surface area is 93.8 Å². The van der Waals surface area contributed by atoms with Crippen LogP contribution in [0.4, 0.5) is 5.69 Å². The number of nitrogen functional groups attached to an aromatic ring is 1. The van der Waals surface area contributed by atoms with Crippen LogP contribution in [0.25, 0.3) is 0 Å². The van der Waals surface area contributed by atoms with Gasteiger partial charge in [-0.1, -0.05) is 0 Å². The minimum absolute atomic E-state index is 0.0696. The van der Waals surface area contributed by atoms with E-state index in [1.54, 1.807) is 12.1 Å². The normalized spacial score (nSPS) is 9.88. The van der Waals surface area contributed by atoms with Gasteiger partial charge in [-0.3, -0.25) is 0 Å². The van der Waals surface area contributed by atoms with Crippen molar-refractivity contribution < 1.29 is 19.4 Å². The standard InChI is InChI=1S/C11H15NO4/c1-15-11(14)8-3-4-10(9(12)7-8)16-6-2-5-13/h3-4,7,13H,2,5-6,12H2,1H3. The molecule has 0 aromatic heterocycles. The molecule has 0 bridgehead atoms. The molecule has 0 aliphatic rings. The van der Waals surface area contributed by atoms with E-state index in [0.29, 0.717) is 30.0 Å². The second-order valence-electron chi connectivity index (χ2n) is 3.17. The molecule has 0 aliphatic heterocycles. The molecule has 0 aliphatic carbocycles. The summed E-state index contributed by atoms with van der Waals surface area (Å²) >= 11 is 0. The quantitative estimate of drug-likeness (QED) is 0.440. The van der Waals surface area contributed by atoms with Gasteiger partial charge in [-0.25, -0.2) is 4.79 Å². The van der Waals surface area contributed by atoms with E-state index in [4.69, 9.17) is 15.6 Å². The first kappa shape index (κ1) is 12.3. The second kappa shape index (κ2) is 5.97. The van der Waals surface area contributed by atoms with E-state index in [1.807, 2.05) is 0 Å². The molecule has 1 aromatic carbocycles. The number of aliphatic hydroxyl groups is 1. The Morgan fingerprint density at radius 3 is 2.81 bits per heavy atom. The highest BCUT2D eigenvalue weighted by atomic mass is 16.5. The number of ether oxygens (including phenoxy) is 2. The van der Waals surface area contributed by atoms with Crippen LogP contribution in [-0.4, -0.2) is 31.4 Å². The van der Waals surface area contributed by atoms with Crippen LogP contribution in [0.2, 0.25) is 0 Å². The first-order chi connectivity index (χ1) is 7.69. The molecule has 0 radical (unpaired) electrons. The first-order valence-corrected chi connectivity index (χ1v) is 4.90. The minimum Gasteiger partial charge on any atom is -0.491 e. The number of hydrogen-bond acceptors (Lipinski definition) is 5. The van der Waals surface area contributed by atoms with Crippen LogP contribution in [0.1, 0.15) is 16.8 Å². The summed E-state index contributed by atoms with van der Waals surface area (Å²) in [6.45, 7) is 0.457. The zero-order valence-electron chi connectivity index (χ0n) is 9.10. The number of hydrogen-bond donors (Lipinski definition) is 2. The highest BCUT2D eigenvalue weighted by molar-refractivity contribution is 5.90. The molecule has 0 atom stereocenters. The first-order valence-electron chi connectivity index (χ1n) is 4.90. The molecule has 1 rings (SSSR count). The van der Waals surface area contributed by atoms with Gasteiger partial charge in [0.1, 0.15) is 5.75 Å². The van der Waals surface area contributed by atoms with Crippen molar-refractivity contribution in [1.29, 1.82) is 0 Å². The molecule has 3 N–H and O–H groups in total. The van der Waals surface area contributed by atoms with E-state index in [-0.39, 0.29) is 6.61 Å². The van der Waals surface area contributed by atoms with Crippen LogP contribution in [0.15, 0.2) is 18.2 Å². The molecule has 88 valence electrons. The number of esters is 1. The topological polar surface area (TPSA) is 81.8 Å². The second-order valence-corrected chi connectivity index (χ2v) is 3.17. The number of anilines is 1. The average molecular weight is 225 g/mol. The molecule has 16 heavy (non-hydrogen) atoms. The Morgan fingerprint density at radius 2 is 2.25 bits per heavy atom. The van der Waals surface area contributed by atoms with Gasteiger partial charge >= 0.3 is 5.97 Å². The number of aliphatic hydroxyl groups excluding tert-OH is 1. The van der Waals surface area contributed by atoms with Crippen molar-refractivity contribution in [3.63, 3.8) is 0 Å². The highest BCUT2D eigenvalue weighted by Crippen LogP contribution is 2.22. The van der Waals surface area contributed by atoms with Gasteiger partial charge in [0, 0.05) is 13.0 Å². The van der Waals surface area contributed by atoms with Crippen LogP contribution in [-0.2, 0) is 4.74 Å². The van der Waals surface area contributed by atoms with Gasteiger partial charge < -0.3 is 20.3 Å². The fourth-order valence-corrected chi connectivity index (χ4v) is 1.17. The summed E-state index contributed by atoms with van der Waals surface area (Å²) in [5.74, 6) is 0.0645. The third kappa shape index (κ3) is 3.13. The summed E-state index contributed by atoms with van der Waals surface area (Å²) in [7, 11) is 1.31. The Bertz CT molecular complexity index is 365. The monoisotopic (exact) mass is 225 g/mol. The lowest BCUT2D eigenvalue weighted by atomic mass is 10.2. The highest BCUT2D eigenvalue weighted by Gasteiger charge is 2.08. The molecule has 0 heterocycles. The van der Waals surface area contributed by atoms with Crippen molar-refractivity contribution in [2.75, 3.05) is 26.1 Å². The lowest BCUT2D eigenvalue weighted by Gasteiger charge is -2.09. The van der Waals surface area contributed by atoms with Gasteiger partial charge in [0.2, 0.25) is 0 Å². The zero-order chi connectivity index (χ0) is 12.0. The zero-order valence-corrected chi connectivity index (χ0v) is 9.10. The third-order valence-electron chi connectivity index (χ3n) is 1.99. The fourth-order valence-electron chi connectivity index (χ4n) is 1.17. The van der Waals surface area contributed by atoms with E-state index in [9.17, 15) is 4.79 Å². The molecule has 0 saturated heterocycles. The lowest BCUT2D eigenvalue weighted by molar-refractivity contribution is 0.0601. The number of benzene rings is 1. The Balaban J connectivity index is 2.71. The summed E-state index contributed by atoms with van der Waals surface area (Å²) in [5, 5.41) is 8.59. The van der Waals surface area contributed by atoms with E-state index in [2.05, 4.69) is 4.74 Å². The van der Waals surface area contributed by atoms with Gasteiger partial charge in [0.05, 0.1) is 25.0 Å². The van der Waals surface area contributed by atoms with E-state index in [1.165, 1.54) is 13.2 Å². The van der Waals surface area contributed by atoms with Crippen molar-refractivity contribution in [2.24, 2.45) is 0 Å². The van der Waals surface area contributed by atoms with Crippen LogP contribution >= 0.6 is 0 Å². The van der Waals surface area contributed by atoms with Gasteiger partial charge in [-0.2, -0.15) is 0 Å². The molecular weight excluding hydrogens is 210 g/mol. The SMILES string of the molecule is COC(=O)c1ccc(OCCCO)c(N)c1. The summed E-state index contributed by atoms with van der Waals surface area (Å²) in [5.41, 5.74) is 6.46. The third-order valence-corrected chi connectivity index (χ3v) is 1.99. The molecule has 0 spiro atoms. The van der Waals surface area contributed by atoms with Gasteiger partial charge in [-0.05, 0) is 18.2 Å². The smallest absolute Gasteiger partial charge is 0.337 e. The van der Waals surface area contributed by atoms with Crippen molar-refractivity contribution in [3.05, 3.63) is 23.8 Å². The summed E-state index contributed by atoms with van der Waals surface area (Å²) in [6.07, 6.45) is 0.540. The van der Waals surface area contributed by atoms with Gasteiger partial charge in [0.25, 0.3) is 0 Å². The maximum atomic E-state index is 11.2. The van der Waals surface area contributed by atoms with Crippen LogP contribution in [0, 0.1) is 0 Å². The van der Waals surface area contributed by atoms with Crippen molar-refractivity contribution in [3.8, 4) is 5.75 Å². The van der Waals surface area contributed by atoms with E-state index in [0.717, 1.165) is 0 Å². The van der Waals surface area contributed by atoms with Gasteiger partial charge in [-0.15, -0.1) is 0 Å².